The van der Waals surface area contributed by atoms with Gasteiger partial charge in [0.25, 0.3) is 11.8 Å². The predicted molar refractivity (Wildman–Crippen MR) is 125 cm³/mol. The minimum atomic E-state index is -0.617. The zero-order valence-corrected chi connectivity index (χ0v) is 19.8. The summed E-state index contributed by atoms with van der Waals surface area (Å²) in [4.78, 5) is 26.9. The summed E-state index contributed by atoms with van der Waals surface area (Å²) in [6, 6.07) is 7.69. The van der Waals surface area contributed by atoms with E-state index in [1.54, 1.807) is 35.4 Å². The number of ether oxygens (including phenoxy) is 1. The molecule has 1 aliphatic heterocycles. The Morgan fingerprint density at radius 2 is 1.84 bits per heavy atom. The molecule has 1 N–H and O–H groups in total. The summed E-state index contributed by atoms with van der Waals surface area (Å²) in [5, 5.41) is 0.807. The molecule has 0 aromatic heterocycles. The van der Waals surface area contributed by atoms with E-state index < -0.39 is 11.7 Å². The van der Waals surface area contributed by atoms with Gasteiger partial charge in [-0.15, -0.1) is 0 Å². The number of rotatable bonds is 6. The van der Waals surface area contributed by atoms with Gasteiger partial charge in [-0.05, 0) is 61.4 Å². The van der Waals surface area contributed by atoms with Crippen molar-refractivity contribution in [1.29, 1.82) is 0 Å². The Bertz CT molecular complexity index is 1030. The second-order valence-corrected chi connectivity index (χ2v) is 9.56. The third-order valence-corrected chi connectivity index (χ3v) is 6.45. The number of hydrogen-bond acceptors (Lipinski definition) is 4. The fourth-order valence-corrected chi connectivity index (χ4v) is 4.79. The smallest absolute Gasteiger partial charge is 0.264 e. The molecule has 2 fully saturated rings. The number of likely N-dealkylation sites (tertiary alicyclic amines) is 1. The van der Waals surface area contributed by atoms with Crippen molar-refractivity contribution < 1.29 is 18.7 Å². The van der Waals surface area contributed by atoms with Crippen LogP contribution in [-0.4, -0.2) is 42.2 Å². The highest BCUT2D eigenvalue weighted by atomic mass is 35.5. The molecule has 5 nitrogen and oxygen atoms in total. The molecule has 2 aromatic carbocycles. The van der Waals surface area contributed by atoms with E-state index in [0.29, 0.717) is 34.4 Å². The highest BCUT2D eigenvalue weighted by Crippen LogP contribution is 2.45. The van der Waals surface area contributed by atoms with Crippen LogP contribution in [0.25, 0.3) is 0 Å². The van der Waals surface area contributed by atoms with Crippen LogP contribution < -0.4 is 9.46 Å². The molecule has 2 aliphatic rings. The average molecular weight is 497 g/mol. The van der Waals surface area contributed by atoms with Gasteiger partial charge >= 0.3 is 0 Å². The molecule has 32 heavy (non-hydrogen) atoms. The van der Waals surface area contributed by atoms with E-state index in [2.05, 4.69) is 4.72 Å². The van der Waals surface area contributed by atoms with Gasteiger partial charge in [0.15, 0.2) is 0 Å². The first-order chi connectivity index (χ1) is 15.4. The number of halogens is 3. The zero-order valence-electron chi connectivity index (χ0n) is 17.5. The van der Waals surface area contributed by atoms with E-state index in [0.717, 1.165) is 43.2 Å². The maximum Gasteiger partial charge on any atom is 0.264 e. The molecule has 1 saturated carbocycles. The zero-order chi connectivity index (χ0) is 22.8. The summed E-state index contributed by atoms with van der Waals surface area (Å²) in [6.45, 7) is 0.976. The van der Waals surface area contributed by atoms with Crippen molar-refractivity contribution in [2.24, 2.45) is 0 Å². The number of benzene rings is 2. The molecule has 0 radical (unpaired) electrons. The van der Waals surface area contributed by atoms with Crippen molar-refractivity contribution in [3.63, 3.8) is 0 Å². The van der Waals surface area contributed by atoms with Gasteiger partial charge in [-0.1, -0.05) is 35.1 Å². The third-order valence-electron chi connectivity index (χ3n) is 5.62. The number of amides is 2. The molecule has 1 saturated heterocycles. The summed E-state index contributed by atoms with van der Waals surface area (Å²) >= 11 is 13.2. The predicted octanol–water partition coefficient (Wildman–Crippen LogP) is 5.70. The molecular weight excluding hydrogens is 474 g/mol. The molecule has 4 rings (SSSR count). The maximum absolute atomic E-state index is 14.7. The molecule has 1 aliphatic carbocycles. The van der Waals surface area contributed by atoms with Crippen molar-refractivity contribution in [3.05, 3.63) is 62.9 Å². The summed E-state index contributed by atoms with van der Waals surface area (Å²) in [6.07, 6.45) is 4.92. The Morgan fingerprint density at radius 1 is 1.12 bits per heavy atom. The molecule has 1 heterocycles. The number of nitrogens with one attached hydrogen (secondary N) is 1. The first kappa shape index (κ1) is 23.2. The topological polar surface area (TPSA) is 58.6 Å². The van der Waals surface area contributed by atoms with E-state index in [9.17, 15) is 14.0 Å². The fourth-order valence-electron chi connectivity index (χ4n) is 3.97. The van der Waals surface area contributed by atoms with E-state index in [1.165, 1.54) is 6.07 Å². The van der Waals surface area contributed by atoms with Crippen molar-refractivity contribution in [3.8, 4) is 5.75 Å². The third kappa shape index (κ3) is 5.33. The number of carbonyl (C=O) groups excluding carboxylic acids is 2. The van der Waals surface area contributed by atoms with E-state index >= 15 is 0 Å². The van der Waals surface area contributed by atoms with E-state index in [-0.39, 0.29) is 23.5 Å². The van der Waals surface area contributed by atoms with Gasteiger partial charge in [-0.3, -0.25) is 14.3 Å². The van der Waals surface area contributed by atoms with Gasteiger partial charge in [0.2, 0.25) is 0 Å². The Morgan fingerprint density at radius 3 is 2.50 bits per heavy atom. The standard InChI is InChI=1S/C23H23Cl2FN2O3S/c1-32-27-22(29)19-10-18(13-4-5-13)21(11-20(19)26)31-17-3-2-6-28(12-17)23(30)14-7-15(24)9-16(25)8-14/h7-11,13,17H,2-6,12H2,1H3,(H,27,29). The molecule has 2 amide bonds. The molecule has 0 bridgehead atoms. The van der Waals surface area contributed by atoms with Gasteiger partial charge < -0.3 is 9.64 Å². The van der Waals surface area contributed by atoms with Crippen LogP contribution >= 0.6 is 35.1 Å². The molecule has 0 spiro atoms. The minimum absolute atomic E-state index is 0.0203. The number of hydrogen-bond donors (Lipinski definition) is 1. The van der Waals surface area contributed by atoms with Crippen LogP contribution in [0.1, 0.15) is 57.9 Å². The summed E-state index contributed by atoms with van der Waals surface area (Å²) < 4.78 is 23.5. The van der Waals surface area contributed by atoms with Crippen molar-refractivity contribution in [1.82, 2.24) is 9.62 Å². The minimum Gasteiger partial charge on any atom is -0.488 e. The fraction of sp³-hybridized carbons (Fsp3) is 0.391. The Hall–Kier alpha value is -1.96. The first-order valence-corrected chi connectivity index (χ1v) is 12.4. The SMILES string of the molecule is CSNC(=O)c1cc(C2CC2)c(OC2CCCN(C(=O)c3cc(Cl)cc(Cl)c3)C2)cc1F. The van der Waals surface area contributed by atoms with Crippen LogP contribution in [0.3, 0.4) is 0 Å². The molecule has 2 aromatic rings. The normalized spacial score (nSPS) is 18.4. The second kappa shape index (κ2) is 9.89. The van der Waals surface area contributed by atoms with Crippen molar-refractivity contribution >= 4 is 47.0 Å². The molecular formula is C23H23Cl2FN2O3S. The number of carbonyl (C=O) groups is 2. The lowest BCUT2D eigenvalue weighted by Gasteiger charge is -2.33. The lowest BCUT2D eigenvalue weighted by atomic mass is 10.0. The molecule has 1 atom stereocenters. The Kier molecular flexibility index (Phi) is 7.17. The monoisotopic (exact) mass is 496 g/mol. The number of nitrogens with zero attached hydrogens (tertiary/aromatic N) is 1. The maximum atomic E-state index is 14.7. The van der Waals surface area contributed by atoms with Crippen LogP contribution in [0.4, 0.5) is 4.39 Å². The average Bonchev–Trinajstić information content (AvgIpc) is 3.58. The Balaban J connectivity index is 1.52. The van der Waals surface area contributed by atoms with Gasteiger partial charge in [0.1, 0.15) is 17.7 Å². The lowest BCUT2D eigenvalue weighted by molar-refractivity contribution is 0.0535. The largest absolute Gasteiger partial charge is 0.488 e. The summed E-state index contributed by atoms with van der Waals surface area (Å²) in [5.41, 5.74) is 1.30. The highest BCUT2D eigenvalue weighted by molar-refractivity contribution is 7.97. The number of piperidine rings is 1. The van der Waals surface area contributed by atoms with E-state index in [4.69, 9.17) is 27.9 Å². The Labute approximate surface area is 200 Å². The second-order valence-electron chi connectivity index (χ2n) is 8.07. The molecule has 9 heteroatoms. The van der Waals surface area contributed by atoms with Gasteiger partial charge in [0.05, 0.1) is 12.1 Å². The van der Waals surface area contributed by atoms with Gasteiger partial charge in [0, 0.05) is 34.5 Å². The molecule has 1 unspecified atom stereocenters. The summed E-state index contributed by atoms with van der Waals surface area (Å²) in [7, 11) is 0. The lowest BCUT2D eigenvalue weighted by Crippen LogP contribution is -2.44. The van der Waals surface area contributed by atoms with Crippen LogP contribution in [0, 0.1) is 5.82 Å². The van der Waals surface area contributed by atoms with Crippen LogP contribution in [0.15, 0.2) is 30.3 Å². The highest BCUT2D eigenvalue weighted by Gasteiger charge is 2.32. The first-order valence-electron chi connectivity index (χ1n) is 10.4. The van der Waals surface area contributed by atoms with Crippen LogP contribution in [0.2, 0.25) is 10.0 Å². The van der Waals surface area contributed by atoms with E-state index in [1.807, 2.05) is 0 Å². The van der Waals surface area contributed by atoms with Crippen molar-refractivity contribution in [2.45, 2.75) is 37.7 Å². The quantitative estimate of drug-likeness (QED) is 0.521. The van der Waals surface area contributed by atoms with Crippen LogP contribution in [-0.2, 0) is 0 Å². The van der Waals surface area contributed by atoms with Crippen molar-refractivity contribution in [2.75, 3.05) is 19.3 Å². The van der Waals surface area contributed by atoms with Crippen LogP contribution in [0.5, 0.6) is 5.75 Å². The molecule has 170 valence electrons. The van der Waals surface area contributed by atoms with Gasteiger partial charge in [-0.2, -0.15) is 0 Å². The van der Waals surface area contributed by atoms with Gasteiger partial charge in [-0.25, -0.2) is 4.39 Å². The summed E-state index contributed by atoms with van der Waals surface area (Å²) in [5.74, 6) is -0.524.